The van der Waals surface area contributed by atoms with E-state index >= 15 is 0 Å². The average molecular weight is 342 g/mol. The van der Waals surface area contributed by atoms with Crippen molar-refractivity contribution in [3.63, 3.8) is 0 Å². The first kappa shape index (κ1) is 18.5. The first-order valence-electron chi connectivity index (χ1n) is 7.97. The average Bonchev–Trinajstić information content (AvgIpc) is 2.56. The molecule has 0 saturated carbocycles. The van der Waals surface area contributed by atoms with Crippen LogP contribution in [0.15, 0.2) is 42.5 Å². The quantitative estimate of drug-likeness (QED) is 0.808. The fourth-order valence-electron chi connectivity index (χ4n) is 2.37. The maximum atomic E-state index is 12.5. The van der Waals surface area contributed by atoms with E-state index in [1.165, 1.54) is 6.92 Å². The van der Waals surface area contributed by atoms with E-state index in [-0.39, 0.29) is 11.8 Å². The Morgan fingerprint density at radius 2 is 1.76 bits per heavy atom. The maximum absolute atomic E-state index is 12.5. The van der Waals surface area contributed by atoms with Crippen LogP contribution in [0.2, 0.25) is 0 Å². The Morgan fingerprint density at radius 3 is 2.40 bits per heavy atom. The minimum Gasteiger partial charge on any atom is -0.494 e. The highest BCUT2D eigenvalue weighted by molar-refractivity contribution is 6.04. The molecule has 0 aliphatic heterocycles. The Balaban J connectivity index is 2.17. The molecular weight excluding hydrogens is 320 g/mol. The molecule has 0 aromatic heterocycles. The van der Waals surface area contributed by atoms with Gasteiger partial charge in [-0.1, -0.05) is 6.07 Å². The number of carbonyl (C=O) groups excluding carboxylic acids is 2. The molecule has 2 aromatic carbocycles. The van der Waals surface area contributed by atoms with Crippen molar-refractivity contribution >= 4 is 23.2 Å². The molecule has 6 nitrogen and oxygen atoms in total. The van der Waals surface area contributed by atoms with Crippen molar-refractivity contribution in [2.45, 2.75) is 20.5 Å². The highest BCUT2D eigenvalue weighted by atomic mass is 16.5. The van der Waals surface area contributed by atoms with Crippen molar-refractivity contribution in [2.24, 2.45) is 0 Å². The molecule has 0 saturated heterocycles. The van der Waals surface area contributed by atoms with E-state index < -0.39 is 0 Å². The molecule has 25 heavy (non-hydrogen) atoms. The third-order valence-electron chi connectivity index (χ3n) is 3.36. The van der Waals surface area contributed by atoms with Gasteiger partial charge in [-0.15, -0.1) is 0 Å². The summed E-state index contributed by atoms with van der Waals surface area (Å²) in [5.74, 6) is 0.285. The lowest BCUT2D eigenvalue weighted by Gasteiger charge is -2.12. The van der Waals surface area contributed by atoms with Crippen LogP contribution in [-0.4, -0.2) is 25.5 Å². The molecule has 0 heterocycles. The molecule has 132 valence electrons. The van der Waals surface area contributed by atoms with Gasteiger partial charge in [-0.2, -0.15) is 0 Å². The molecule has 2 rings (SSSR count). The third kappa shape index (κ3) is 5.32. The van der Waals surface area contributed by atoms with E-state index in [1.54, 1.807) is 49.6 Å². The summed E-state index contributed by atoms with van der Waals surface area (Å²) in [7, 11) is 1.59. The van der Waals surface area contributed by atoms with Gasteiger partial charge in [-0.25, -0.2) is 0 Å². The number of hydrogen-bond acceptors (Lipinski definition) is 4. The van der Waals surface area contributed by atoms with Crippen LogP contribution in [0.4, 0.5) is 11.4 Å². The Morgan fingerprint density at radius 1 is 1.04 bits per heavy atom. The largest absolute Gasteiger partial charge is 0.494 e. The minimum absolute atomic E-state index is 0.167. The Hall–Kier alpha value is -2.86. The number of methoxy groups -OCH3 is 1. The molecule has 0 atom stereocenters. The van der Waals surface area contributed by atoms with Crippen LogP contribution < -0.4 is 15.4 Å². The van der Waals surface area contributed by atoms with Crippen LogP contribution in [-0.2, 0) is 16.1 Å². The molecule has 0 spiro atoms. The van der Waals surface area contributed by atoms with Crippen LogP contribution in [0.3, 0.4) is 0 Å². The van der Waals surface area contributed by atoms with E-state index in [1.807, 2.05) is 6.92 Å². The van der Waals surface area contributed by atoms with Crippen molar-refractivity contribution in [2.75, 3.05) is 24.4 Å². The van der Waals surface area contributed by atoms with E-state index in [4.69, 9.17) is 9.47 Å². The van der Waals surface area contributed by atoms with E-state index in [9.17, 15) is 9.59 Å². The monoisotopic (exact) mass is 342 g/mol. The predicted octanol–water partition coefficient (Wildman–Crippen LogP) is 3.44. The SMILES string of the molecule is CCOc1ccc(C(=O)Nc2cccc(NC(C)=O)c2)cc1COC. The summed E-state index contributed by atoms with van der Waals surface area (Å²) in [5, 5.41) is 5.50. The Bertz CT molecular complexity index is 759. The van der Waals surface area contributed by atoms with Crippen LogP contribution >= 0.6 is 0 Å². The van der Waals surface area contributed by atoms with Crippen molar-refractivity contribution < 1.29 is 19.1 Å². The molecule has 0 aliphatic carbocycles. The molecule has 0 radical (unpaired) electrons. The third-order valence-corrected chi connectivity index (χ3v) is 3.36. The van der Waals surface area contributed by atoms with Crippen LogP contribution in [0.25, 0.3) is 0 Å². The molecule has 0 fully saturated rings. The second-order valence-electron chi connectivity index (χ2n) is 5.40. The van der Waals surface area contributed by atoms with E-state index in [0.29, 0.717) is 35.9 Å². The van der Waals surface area contributed by atoms with E-state index in [0.717, 1.165) is 5.56 Å². The Kier molecular flexibility index (Phi) is 6.54. The van der Waals surface area contributed by atoms with Gasteiger partial charge in [0.25, 0.3) is 5.91 Å². The lowest BCUT2D eigenvalue weighted by atomic mass is 10.1. The number of hydrogen-bond donors (Lipinski definition) is 2. The van der Waals surface area contributed by atoms with Gasteiger partial charge in [-0.3, -0.25) is 9.59 Å². The molecule has 2 aromatic rings. The smallest absolute Gasteiger partial charge is 0.255 e. The van der Waals surface area contributed by atoms with Gasteiger partial charge in [-0.05, 0) is 43.3 Å². The van der Waals surface area contributed by atoms with Gasteiger partial charge in [0.2, 0.25) is 5.91 Å². The summed E-state index contributed by atoms with van der Waals surface area (Å²) in [6, 6.07) is 12.2. The number of carbonyl (C=O) groups is 2. The molecule has 0 unspecified atom stereocenters. The number of ether oxygens (including phenoxy) is 2. The second-order valence-corrected chi connectivity index (χ2v) is 5.40. The second kappa shape index (κ2) is 8.84. The van der Waals surface area contributed by atoms with Gasteiger partial charge in [0.05, 0.1) is 13.2 Å². The van der Waals surface area contributed by atoms with Gasteiger partial charge in [0.15, 0.2) is 0 Å². The Labute approximate surface area is 147 Å². The summed E-state index contributed by atoms with van der Waals surface area (Å²) >= 11 is 0. The number of anilines is 2. The standard InChI is InChI=1S/C19H22N2O4/c1-4-25-18-9-8-14(10-15(18)12-24-3)19(23)21-17-7-5-6-16(11-17)20-13(2)22/h5-11H,4,12H2,1-3H3,(H,20,22)(H,21,23). The lowest BCUT2D eigenvalue weighted by molar-refractivity contribution is -0.114. The molecule has 2 N–H and O–H groups in total. The topological polar surface area (TPSA) is 76.7 Å². The van der Waals surface area contributed by atoms with Crippen molar-refractivity contribution in [1.29, 1.82) is 0 Å². The zero-order valence-electron chi connectivity index (χ0n) is 14.6. The highest BCUT2D eigenvalue weighted by Gasteiger charge is 2.11. The fraction of sp³-hybridized carbons (Fsp3) is 0.263. The number of benzene rings is 2. The van der Waals surface area contributed by atoms with Crippen molar-refractivity contribution in [3.05, 3.63) is 53.6 Å². The van der Waals surface area contributed by atoms with Crippen molar-refractivity contribution in [1.82, 2.24) is 0 Å². The summed E-state index contributed by atoms with van der Waals surface area (Å²) in [6.45, 7) is 4.23. The maximum Gasteiger partial charge on any atom is 0.255 e. The molecule has 6 heteroatoms. The zero-order valence-corrected chi connectivity index (χ0v) is 14.6. The first-order chi connectivity index (χ1) is 12.0. The highest BCUT2D eigenvalue weighted by Crippen LogP contribution is 2.22. The summed E-state index contributed by atoms with van der Waals surface area (Å²) in [5.41, 5.74) is 2.53. The minimum atomic E-state index is -0.250. The number of amides is 2. The zero-order chi connectivity index (χ0) is 18.2. The summed E-state index contributed by atoms with van der Waals surface area (Å²) < 4.78 is 10.7. The molecule has 0 bridgehead atoms. The normalized spacial score (nSPS) is 10.2. The molecular formula is C19H22N2O4. The van der Waals surface area contributed by atoms with Gasteiger partial charge >= 0.3 is 0 Å². The predicted molar refractivity (Wildman–Crippen MR) is 97.0 cm³/mol. The van der Waals surface area contributed by atoms with Crippen molar-refractivity contribution in [3.8, 4) is 5.75 Å². The van der Waals surface area contributed by atoms with Gasteiger partial charge in [0, 0.05) is 36.5 Å². The summed E-state index contributed by atoms with van der Waals surface area (Å²) in [6.07, 6.45) is 0. The van der Waals surface area contributed by atoms with E-state index in [2.05, 4.69) is 10.6 Å². The lowest BCUT2D eigenvalue weighted by Crippen LogP contribution is -2.13. The van der Waals surface area contributed by atoms with Gasteiger partial charge in [0.1, 0.15) is 5.75 Å². The van der Waals surface area contributed by atoms with Crippen LogP contribution in [0.5, 0.6) is 5.75 Å². The number of nitrogens with one attached hydrogen (secondary N) is 2. The summed E-state index contributed by atoms with van der Waals surface area (Å²) in [4.78, 5) is 23.6. The molecule has 0 aliphatic rings. The van der Waals surface area contributed by atoms with Gasteiger partial charge < -0.3 is 20.1 Å². The number of rotatable bonds is 7. The van der Waals surface area contributed by atoms with Crippen LogP contribution in [0, 0.1) is 0 Å². The first-order valence-corrected chi connectivity index (χ1v) is 7.97. The fourth-order valence-corrected chi connectivity index (χ4v) is 2.37. The van der Waals surface area contributed by atoms with Crippen LogP contribution in [0.1, 0.15) is 29.8 Å². The molecule has 2 amide bonds.